The van der Waals surface area contributed by atoms with Crippen LogP contribution in [0, 0.1) is 11.2 Å². The third kappa shape index (κ3) is 4.72. The highest BCUT2D eigenvalue weighted by molar-refractivity contribution is 5.97. The second-order valence-electron chi connectivity index (χ2n) is 7.01. The number of carbonyl (C=O) groups excluding carboxylic acids is 2. The largest absolute Gasteiger partial charge is 0.340 e. The highest BCUT2D eigenvalue weighted by Crippen LogP contribution is 2.22. The van der Waals surface area contributed by atoms with Gasteiger partial charge in [-0.1, -0.05) is 45.9 Å². The van der Waals surface area contributed by atoms with Crippen LogP contribution in [-0.2, 0) is 4.79 Å². The van der Waals surface area contributed by atoms with Gasteiger partial charge in [0.25, 0.3) is 5.91 Å². The number of nitrogens with one attached hydrogen (secondary N) is 1. The van der Waals surface area contributed by atoms with Crippen molar-refractivity contribution in [3.8, 4) is 11.3 Å². The number of hydrogen-bond donors (Lipinski definition) is 1. The maximum atomic E-state index is 13.4. The topological polar surface area (TPSA) is 59.1 Å². The molecule has 2 aromatic rings. The molecular weight excluding hydrogens is 319 g/mol. The van der Waals surface area contributed by atoms with E-state index in [2.05, 4.69) is 10.3 Å². The molecule has 1 N–H and O–H groups in total. The number of Topliss-reactive ketones (excluding diaryl/α,β-unsaturated/α-hetero) is 1. The van der Waals surface area contributed by atoms with Gasteiger partial charge in [-0.2, -0.15) is 0 Å². The number of nitrogens with zero attached hydrogens (tertiary/aromatic N) is 1. The fraction of sp³-hybridized carbons (Fsp3) is 0.350. The fourth-order valence-corrected chi connectivity index (χ4v) is 2.56. The first-order valence-electron chi connectivity index (χ1n) is 8.29. The smallest absolute Gasteiger partial charge is 0.270 e. The molecular formula is C20H23FN2O2. The lowest BCUT2D eigenvalue weighted by Crippen LogP contribution is -2.49. The van der Waals surface area contributed by atoms with Crippen LogP contribution in [0.2, 0.25) is 0 Å². The van der Waals surface area contributed by atoms with Gasteiger partial charge in [0.2, 0.25) is 0 Å². The van der Waals surface area contributed by atoms with E-state index in [4.69, 9.17) is 0 Å². The zero-order valence-electron chi connectivity index (χ0n) is 15.0. The van der Waals surface area contributed by atoms with Gasteiger partial charge >= 0.3 is 0 Å². The molecule has 2 rings (SSSR count). The number of carbonyl (C=O) groups is 2. The standard InChI is InChI=1S/C20H23FN2O2/c1-5-17(24)18(20(2,3)4)23-19(25)16-11-7-10-15(22-16)13-8-6-9-14(21)12-13/h6-12,18H,5H2,1-4H3,(H,23,25)/t18-/m1/s1. The Morgan fingerprint density at radius 3 is 2.44 bits per heavy atom. The Morgan fingerprint density at radius 1 is 1.16 bits per heavy atom. The molecule has 4 nitrogen and oxygen atoms in total. The Bertz CT molecular complexity index is 781. The highest BCUT2D eigenvalue weighted by Gasteiger charge is 2.31. The summed E-state index contributed by atoms with van der Waals surface area (Å²) in [7, 11) is 0. The normalized spacial score (nSPS) is 12.5. The van der Waals surface area contributed by atoms with Crippen molar-refractivity contribution in [1.82, 2.24) is 10.3 Å². The van der Waals surface area contributed by atoms with E-state index >= 15 is 0 Å². The van der Waals surface area contributed by atoms with Gasteiger partial charge in [-0.3, -0.25) is 9.59 Å². The number of ketones is 1. The molecule has 0 unspecified atom stereocenters. The third-order valence-corrected chi connectivity index (χ3v) is 3.91. The fourth-order valence-electron chi connectivity index (χ4n) is 2.56. The van der Waals surface area contributed by atoms with Crippen molar-refractivity contribution in [2.75, 3.05) is 0 Å². The molecule has 1 heterocycles. The highest BCUT2D eigenvalue weighted by atomic mass is 19.1. The molecule has 0 aliphatic carbocycles. The summed E-state index contributed by atoms with van der Waals surface area (Å²) in [6.07, 6.45) is 0.346. The van der Waals surface area contributed by atoms with Crippen molar-refractivity contribution in [2.24, 2.45) is 5.41 Å². The minimum absolute atomic E-state index is 0.0258. The Morgan fingerprint density at radius 2 is 1.84 bits per heavy atom. The predicted molar refractivity (Wildman–Crippen MR) is 95.6 cm³/mol. The van der Waals surface area contributed by atoms with Crippen molar-refractivity contribution in [1.29, 1.82) is 0 Å². The van der Waals surface area contributed by atoms with Gasteiger partial charge in [-0.15, -0.1) is 0 Å². The van der Waals surface area contributed by atoms with Crippen LogP contribution in [0.3, 0.4) is 0 Å². The van der Waals surface area contributed by atoms with E-state index in [1.54, 1.807) is 37.3 Å². The minimum Gasteiger partial charge on any atom is -0.340 e. The molecule has 0 saturated carbocycles. The van der Waals surface area contributed by atoms with Crippen molar-refractivity contribution in [3.63, 3.8) is 0 Å². The van der Waals surface area contributed by atoms with Gasteiger partial charge in [-0.25, -0.2) is 9.37 Å². The number of rotatable bonds is 5. The molecule has 5 heteroatoms. The van der Waals surface area contributed by atoms with Gasteiger partial charge in [0.1, 0.15) is 11.5 Å². The molecule has 25 heavy (non-hydrogen) atoms. The van der Waals surface area contributed by atoms with Gasteiger partial charge in [0, 0.05) is 12.0 Å². The zero-order valence-corrected chi connectivity index (χ0v) is 15.0. The first-order chi connectivity index (χ1) is 11.7. The van der Waals surface area contributed by atoms with Gasteiger partial charge in [0.15, 0.2) is 5.78 Å². The number of benzene rings is 1. The number of halogens is 1. The van der Waals surface area contributed by atoms with Gasteiger partial charge in [0.05, 0.1) is 11.7 Å². The molecule has 132 valence electrons. The minimum atomic E-state index is -0.593. The maximum Gasteiger partial charge on any atom is 0.270 e. The van der Waals surface area contributed by atoms with Crippen molar-refractivity contribution in [3.05, 3.63) is 54.0 Å². The van der Waals surface area contributed by atoms with Crippen LogP contribution in [0.1, 0.15) is 44.6 Å². The van der Waals surface area contributed by atoms with E-state index in [0.29, 0.717) is 17.7 Å². The van der Waals surface area contributed by atoms with Crippen LogP contribution in [-0.4, -0.2) is 22.7 Å². The third-order valence-electron chi connectivity index (χ3n) is 3.91. The van der Waals surface area contributed by atoms with Crippen molar-refractivity contribution < 1.29 is 14.0 Å². The van der Waals surface area contributed by atoms with E-state index < -0.39 is 17.4 Å². The van der Waals surface area contributed by atoms with Crippen molar-refractivity contribution >= 4 is 11.7 Å². The Labute approximate surface area is 147 Å². The lowest BCUT2D eigenvalue weighted by atomic mass is 9.83. The lowest BCUT2D eigenvalue weighted by Gasteiger charge is -2.30. The maximum absolute atomic E-state index is 13.4. The monoisotopic (exact) mass is 342 g/mol. The zero-order chi connectivity index (χ0) is 18.6. The molecule has 1 atom stereocenters. The second-order valence-corrected chi connectivity index (χ2v) is 7.01. The Hall–Kier alpha value is -2.56. The molecule has 0 spiro atoms. The summed E-state index contributed by atoms with van der Waals surface area (Å²) < 4.78 is 13.4. The first-order valence-corrected chi connectivity index (χ1v) is 8.29. The van der Waals surface area contributed by atoms with Crippen molar-refractivity contribution in [2.45, 2.75) is 40.2 Å². The summed E-state index contributed by atoms with van der Waals surface area (Å²) in [5, 5.41) is 2.79. The lowest BCUT2D eigenvalue weighted by molar-refractivity contribution is -0.122. The van der Waals surface area contributed by atoms with Crippen LogP contribution in [0.15, 0.2) is 42.5 Å². The first kappa shape index (κ1) is 18.8. The number of amides is 1. The van der Waals surface area contributed by atoms with Gasteiger partial charge in [-0.05, 0) is 29.7 Å². The summed E-state index contributed by atoms with van der Waals surface area (Å²) in [6, 6.07) is 10.4. The molecule has 0 fully saturated rings. The van der Waals surface area contributed by atoms with Crippen LogP contribution >= 0.6 is 0 Å². The van der Waals surface area contributed by atoms with Crippen LogP contribution in [0.25, 0.3) is 11.3 Å². The molecule has 1 aromatic heterocycles. The average molecular weight is 342 g/mol. The molecule has 0 bridgehead atoms. The van der Waals surface area contributed by atoms with Gasteiger partial charge < -0.3 is 5.32 Å². The average Bonchev–Trinajstić information content (AvgIpc) is 2.58. The summed E-state index contributed by atoms with van der Waals surface area (Å²) in [5.41, 5.74) is 0.885. The quantitative estimate of drug-likeness (QED) is 0.893. The predicted octanol–water partition coefficient (Wildman–Crippen LogP) is 4.01. The number of aromatic nitrogens is 1. The number of pyridine rings is 1. The molecule has 0 saturated heterocycles. The van der Waals surface area contributed by atoms with Crippen LogP contribution in [0.5, 0.6) is 0 Å². The van der Waals surface area contributed by atoms with E-state index in [-0.39, 0.29) is 17.3 Å². The summed E-state index contributed by atoms with van der Waals surface area (Å²) >= 11 is 0. The van der Waals surface area contributed by atoms with E-state index in [1.165, 1.54) is 12.1 Å². The molecule has 1 amide bonds. The van der Waals surface area contributed by atoms with Crippen LogP contribution < -0.4 is 5.32 Å². The van der Waals surface area contributed by atoms with Crippen LogP contribution in [0.4, 0.5) is 4.39 Å². The summed E-state index contributed by atoms with van der Waals surface area (Å²) in [6.45, 7) is 7.49. The van der Waals surface area contributed by atoms with E-state index in [1.807, 2.05) is 20.8 Å². The SMILES string of the molecule is CCC(=O)[C@@H](NC(=O)c1cccc(-c2cccc(F)c2)n1)C(C)(C)C. The summed E-state index contributed by atoms with van der Waals surface area (Å²) in [4.78, 5) is 29.1. The Balaban J connectivity index is 2.28. The molecule has 0 aliphatic rings. The molecule has 1 aromatic carbocycles. The van der Waals surface area contributed by atoms with E-state index in [9.17, 15) is 14.0 Å². The second kappa shape index (κ2) is 7.55. The molecule has 0 aliphatic heterocycles. The Kier molecular flexibility index (Phi) is 5.67. The van der Waals surface area contributed by atoms with E-state index in [0.717, 1.165) is 0 Å². The number of hydrogen-bond acceptors (Lipinski definition) is 3. The molecule has 0 radical (unpaired) electrons. The summed E-state index contributed by atoms with van der Waals surface area (Å²) in [5.74, 6) is -0.808.